The molecular formula is C12H24NO5Y-. The second-order valence-corrected chi connectivity index (χ2v) is 5.07. The third kappa shape index (κ3) is 6.02. The van der Waals surface area contributed by atoms with E-state index in [0.29, 0.717) is 13.0 Å². The molecule has 6 nitrogen and oxygen atoms in total. The van der Waals surface area contributed by atoms with Gasteiger partial charge in [0.15, 0.2) is 5.79 Å². The quantitative estimate of drug-likeness (QED) is 0.718. The Kier molecular flexibility index (Phi) is 9.41. The van der Waals surface area contributed by atoms with Gasteiger partial charge < -0.3 is 29.7 Å². The number of aliphatic hydroxyl groups excluding tert-OH is 1. The second kappa shape index (κ2) is 9.00. The van der Waals surface area contributed by atoms with E-state index in [1.54, 1.807) is 21.0 Å². The van der Waals surface area contributed by atoms with Gasteiger partial charge in [-0.2, -0.15) is 14.1 Å². The number of ether oxygens (including phenoxy) is 3. The van der Waals surface area contributed by atoms with Crippen molar-refractivity contribution in [1.82, 2.24) is 0 Å². The molecule has 0 aliphatic carbocycles. The van der Waals surface area contributed by atoms with Gasteiger partial charge in [-0.05, 0) is 12.8 Å². The van der Waals surface area contributed by atoms with Crippen molar-refractivity contribution in [3.05, 3.63) is 5.32 Å². The molecule has 2 aliphatic rings. The van der Waals surface area contributed by atoms with Crippen molar-refractivity contribution >= 4 is 0 Å². The van der Waals surface area contributed by atoms with Crippen molar-refractivity contribution in [3.63, 3.8) is 0 Å². The maximum Gasteiger partial charge on any atom is 0.163 e. The first-order chi connectivity index (χ1) is 8.41. The van der Waals surface area contributed by atoms with Crippen LogP contribution in [0.5, 0.6) is 0 Å². The predicted molar refractivity (Wildman–Crippen MR) is 66.2 cm³/mol. The maximum absolute atomic E-state index is 9.96. The summed E-state index contributed by atoms with van der Waals surface area (Å²) in [6.45, 7) is 4.14. The molecule has 2 rings (SSSR count). The van der Waals surface area contributed by atoms with E-state index in [4.69, 9.17) is 14.2 Å². The molecule has 2 saturated heterocycles. The Labute approximate surface area is 140 Å². The fourth-order valence-corrected chi connectivity index (χ4v) is 2.29. The molecule has 5 atom stereocenters. The van der Waals surface area contributed by atoms with Gasteiger partial charge in [0.2, 0.25) is 0 Å². The van der Waals surface area contributed by atoms with Gasteiger partial charge in [0.1, 0.15) is 19.0 Å². The van der Waals surface area contributed by atoms with Crippen LogP contribution in [-0.2, 0) is 46.9 Å². The monoisotopic (exact) mass is 351 g/mol. The first kappa shape index (κ1) is 19.9. The van der Waals surface area contributed by atoms with E-state index in [1.165, 1.54) is 0 Å². The van der Waals surface area contributed by atoms with Gasteiger partial charge in [-0.25, -0.2) is 0 Å². The Morgan fingerprint density at radius 2 is 1.89 bits per heavy atom. The van der Waals surface area contributed by atoms with Gasteiger partial charge in [0.25, 0.3) is 0 Å². The van der Waals surface area contributed by atoms with Crippen molar-refractivity contribution in [2.75, 3.05) is 27.5 Å². The fraction of sp³-hybridized carbons (Fsp3) is 1.00. The van der Waals surface area contributed by atoms with E-state index in [1.807, 2.05) is 6.92 Å². The molecule has 111 valence electrons. The first-order valence-corrected chi connectivity index (χ1v) is 6.17. The molecule has 0 bridgehead atoms. The number of aliphatic hydroxyl groups is 2. The summed E-state index contributed by atoms with van der Waals surface area (Å²) in [5.74, 6) is -1.20. The average molecular weight is 351 g/mol. The van der Waals surface area contributed by atoms with Crippen molar-refractivity contribution < 1.29 is 57.1 Å². The molecule has 1 unspecified atom stereocenters. The van der Waals surface area contributed by atoms with Crippen LogP contribution in [0.3, 0.4) is 0 Å². The Bertz CT molecular complexity index is 246. The molecule has 0 aromatic rings. The molecule has 0 amide bonds. The number of hydrogen-bond donors (Lipinski definition) is 2. The van der Waals surface area contributed by atoms with Crippen LogP contribution in [0.15, 0.2) is 0 Å². The molecular weight excluding hydrogens is 327 g/mol. The van der Waals surface area contributed by atoms with Gasteiger partial charge in [0, 0.05) is 39.1 Å². The van der Waals surface area contributed by atoms with Crippen molar-refractivity contribution in [2.45, 2.75) is 44.4 Å². The normalized spacial score (nSPS) is 42.0. The number of rotatable bonds is 1. The summed E-state index contributed by atoms with van der Waals surface area (Å²) in [6, 6.07) is 0. The summed E-state index contributed by atoms with van der Waals surface area (Å²) in [5, 5.41) is 23.3. The zero-order valence-corrected chi connectivity index (χ0v) is 14.9. The molecule has 19 heavy (non-hydrogen) atoms. The zero-order chi connectivity index (χ0) is 13.8. The summed E-state index contributed by atoms with van der Waals surface area (Å²) in [6.07, 6.45) is -0.976. The molecule has 0 spiro atoms. The van der Waals surface area contributed by atoms with Crippen LogP contribution >= 0.6 is 0 Å². The smallest absolute Gasteiger partial charge is 0.163 e. The number of hydrogen-bond acceptors (Lipinski definition) is 5. The predicted octanol–water partition coefficient (Wildman–Crippen LogP) is 0.471. The van der Waals surface area contributed by atoms with E-state index < -0.39 is 18.0 Å². The van der Waals surface area contributed by atoms with E-state index in [0.717, 1.165) is 0 Å². The van der Waals surface area contributed by atoms with Crippen LogP contribution in [0.25, 0.3) is 5.32 Å². The van der Waals surface area contributed by atoms with Crippen molar-refractivity contribution in [1.29, 1.82) is 0 Å². The number of nitrogens with zero attached hydrogens (tertiary/aromatic N) is 1. The van der Waals surface area contributed by atoms with Crippen LogP contribution in [0.4, 0.5) is 0 Å². The molecule has 2 fully saturated rings. The Hall–Kier alpha value is 0.864. The summed E-state index contributed by atoms with van der Waals surface area (Å²) < 4.78 is 15.8. The largest absolute Gasteiger partial charge is 0.668 e. The fourth-order valence-electron chi connectivity index (χ4n) is 2.29. The molecule has 0 aromatic carbocycles. The van der Waals surface area contributed by atoms with Crippen LogP contribution in [-0.4, -0.2) is 61.8 Å². The van der Waals surface area contributed by atoms with Crippen LogP contribution in [0.1, 0.15) is 20.3 Å². The minimum Gasteiger partial charge on any atom is -0.668 e. The molecule has 0 aromatic heterocycles. The standard InChI is InChI=1S/C10H18O5.C2H6N.Y/c1-6-3-10(2,12)15-9(8(6)11)7-4-13-5-14-7;1-3-2;/h6-9,11-12H,3-5H2,1-2H3;1-2H3;/q;-1;/t6-,7-,8-,9?,10+;;/m1../s1. The summed E-state index contributed by atoms with van der Waals surface area (Å²) in [7, 11) is 3.50. The Morgan fingerprint density at radius 1 is 1.32 bits per heavy atom. The van der Waals surface area contributed by atoms with Crippen molar-refractivity contribution in [2.24, 2.45) is 5.92 Å². The summed E-state index contributed by atoms with van der Waals surface area (Å²) in [4.78, 5) is 0. The third-order valence-corrected chi connectivity index (χ3v) is 3.02. The van der Waals surface area contributed by atoms with E-state index in [-0.39, 0.29) is 51.5 Å². The minimum absolute atomic E-state index is 0. The molecule has 7 heteroatoms. The molecule has 2 aliphatic heterocycles. The van der Waals surface area contributed by atoms with Crippen LogP contribution in [0.2, 0.25) is 0 Å². The Balaban J connectivity index is 0.000000742. The van der Waals surface area contributed by atoms with E-state index >= 15 is 0 Å². The summed E-state index contributed by atoms with van der Waals surface area (Å²) in [5.41, 5.74) is 0. The second-order valence-electron chi connectivity index (χ2n) is 5.07. The third-order valence-electron chi connectivity index (χ3n) is 3.02. The average Bonchev–Trinajstić information content (AvgIpc) is 2.77. The first-order valence-electron chi connectivity index (χ1n) is 6.17. The maximum atomic E-state index is 9.96. The molecule has 2 heterocycles. The van der Waals surface area contributed by atoms with Gasteiger partial charge in [-0.15, -0.1) is 0 Å². The SMILES string of the molecule is C[C@@H]1C[C@@](C)(O)OC([C@H]2COCO2)[C@@H]1O.C[N-]C.[Y]. The van der Waals surface area contributed by atoms with E-state index in [9.17, 15) is 10.2 Å². The molecule has 2 N–H and O–H groups in total. The van der Waals surface area contributed by atoms with Gasteiger partial charge in [0.05, 0.1) is 12.7 Å². The molecule has 0 saturated carbocycles. The summed E-state index contributed by atoms with van der Waals surface area (Å²) >= 11 is 0. The minimum atomic E-state index is -1.19. The van der Waals surface area contributed by atoms with Gasteiger partial charge in [-0.3, -0.25) is 0 Å². The topological polar surface area (TPSA) is 82.2 Å². The van der Waals surface area contributed by atoms with E-state index in [2.05, 4.69) is 5.32 Å². The molecule has 1 radical (unpaired) electrons. The zero-order valence-electron chi connectivity index (χ0n) is 12.1. The van der Waals surface area contributed by atoms with Crippen molar-refractivity contribution in [3.8, 4) is 0 Å². The van der Waals surface area contributed by atoms with Gasteiger partial charge in [-0.1, -0.05) is 6.92 Å². The van der Waals surface area contributed by atoms with Gasteiger partial charge >= 0.3 is 0 Å². The van der Waals surface area contributed by atoms with Crippen LogP contribution < -0.4 is 0 Å². The van der Waals surface area contributed by atoms with Crippen LogP contribution in [0, 0.1) is 5.92 Å². The Morgan fingerprint density at radius 3 is 2.37 bits per heavy atom.